The molecule has 1 heterocycles. The molecule has 1 saturated heterocycles. The third kappa shape index (κ3) is 5.26. The summed E-state index contributed by atoms with van der Waals surface area (Å²) in [6.07, 6.45) is 1.55. The van der Waals surface area contributed by atoms with Gasteiger partial charge < -0.3 is 20.7 Å². The van der Waals surface area contributed by atoms with Crippen LogP contribution in [-0.4, -0.2) is 36.2 Å². The summed E-state index contributed by atoms with van der Waals surface area (Å²) in [5.41, 5.74) is 6.48. The largest absolute Gasteiger partial charge is 0.444 e. The minimum atomic E-state index is -0.469. The normalized spacial score (nSPS) is 16.1. The van der Waals surface area contributed by atoms with Crippen LogP contribution in [0.15, 0.2) is 16.6 Å². The molecule has 1 aliphatic rings. The number of nitrogens with zero attached hydrogens (tertiary/aromatic N) is 1. The van der Waals surface area contributed by atoms with Crippen molar-refractivity contribution in [3.8, 4) is 0 Å². The Morgan fingerprint density at radius 2 is 2.04 bits per heavy atom. The van der Waals surface area contributed by atoms with Crippen molar-refractivity contribution in [3.63, 3.8) is 0 Å². The second-order valence-electron chi connectivity index (χ2n) is 7.15. The molecule has 134 valence electrons. The summed E-state index contributed by atoms with van der Waals surface area (Å²) in [6.45, 7) is 7.71. The minimum absolute atomic E-state index is 0.249. The molecule has 0 saturated carbocycles. The number of ether oxygens (including phenoxy) is 1. The number of amides is 1. The smallest absolute Gasteiger partial charge is 0.410 e. The second-order valence-corrected chi connectivity index (χ2v) is 8.00. The number of likely N-dealkylation sites (tertiary alicyclic amines) is 1. The van der Waals surface area contributed by atoms with Crippen LogP contribution in [0.3, 0.4) is 0 Å². The highest BCUT2D eigenvalue weighted by molar-refractivity contribution is 9.10. The second kappa shape index (κ2) is 7.59. The van der Waals surface area contributed by atoms with Gasteiger partial charge in [-0.2, -0.15) is 0 Å². The van der Waals surface area contributed by atoms with Gasteiger partial charge in [0.2, 0.25) is 0 Å². The number of piperidine rings is 1. The van der Waals surface area contributed by atoms with Crippen LogP contribution in [0.25, 0.3) is 0 Å². The average Bonchev–Trinajstić information content (AvgIpc) is 2.48. The summed E-state index contributed by atoms with van der Waals surface area (Å²) in [4.78, 5) is 13.8. The Bertz CT molecular complexity index is 596. The van der Waals surface area contributed by atoms with Crippen LogP contribution in [0, 0.1) is 11.7 Å². The molecule has 0 aromatic heterocycles. The Morgan fingerprint density at radius 1 is 1.42 bits per heavy atom. The van der Waals surface area contributed by atoms with Gasteiger partial charge in [-0.25, -0.2) is 9.18 Å². The molecule has 2 rings (SSSR count). The van der Waals surface area contributed by atoms with E-state index in [1.807, 2.05) is 20.8 Å². The minimum Gasteiger partial charge on any atom is -0.444 e. The Kier molecular flexibility index (Phi) is 5.96. The highest BCUT2D eigenvalue weighted by Crippen LogP contribution is 2.28. The Morgan fingerprint density at radius 3 is 2.62 bits per heavy atom. The van der Waals surface area contributed by atoms with Crippen molar-refractivity contribution < 1.29 is 13.9 Å². The molecule has 1 fully saturated rings. The van der Waals surface area contributed by atoms with Crippen molar-refractivity contribution >= 4 is 33.4 Å². The molecule has 0 atom stereocenters. The van der Waals surface area contributed by atoms with E-state index in [0.29, 0.717) is 29.2 Å². The van der Waals surface area contributed by atoms with Crippen molar-refractivity contribution in [3.05, 3.63) is 22.4 Å². The number of nitrogens with two attached hydrogens (primary N) is 1. The third-order valence-corrected chi connectivity index (χ3v) is 4.55. The lowest BCUT2D eigenvalue weighted by Gasteiger charge is -2.33. The number of hydrogen-bond donors (Lipinski definition) is 2. The van der Waals surface area contributed by atoms with Gasteiger partial charge in [0, 0.05) is 25.7 Å². The third-order valence-electron chi connectivity index (χ3n) is 3.94. The maximum atomic E-state index is 13.4. The maximum absolute atomic E-state index is 13.4. The van der Waals surface area contributed by atoms with Crippen LogP contribution in [-0.2, 0) is 4.74 Å². The summed E-state index contributed by atoms with van der Waals surface area (Å²) in [7, 11) is 0. The van der Waals surface area contributed by atoms with Crippen LogP contribution in [0.1, 0.15) is 33.6 Å². The zero-order valence-electron chi connectivity index (χ0n) is 14.4. The van der Waals surface area contributed by atoms with Gasteiger partial charge in [-0.1, -0.05) is 0 Å². The molecule has 1 aromatic carbocycles. The lowest BCUT2D eigenvalue weighted by molar-refractivity contribution is 0.0188. The number of benzene rings is 1. The molecule has 5 nitrogen and oxygen atoms in total. The summed E-state index contributed by atoms with van der Waals surface area (Å²) < 4.78 is 19.2. The topological polar surface area (TPSA) is 67.6 Å². The summed E-state index contributed by atoms with van der Waals surface area (Å²) in [6, 6.07) is 2.96. The van der Waals surface area contributed by atoms with Crippen molar-refractivity contribution in [2.75, 3.05) is 30.7 Å². The lowest BCUT2D eigenvalue weighted by atomic mass is 9.97. The quantitative estimate of drug-likeness (QED) is 0.743. The van der Waals surface area contributed by atoms with Crippen LogP contribution >= 0.6 is 15.9 Å². The lowest BCUT2D eigenvalue weighted by Crippen LogP contribution is -2.42. The fourth-order valence-electron chi connectivity index (χ4n) is 2.62. The highest BCUT2D eigenvalue weighted by Gasteiger charge is 2.26. The number of carbonyl (C=O) groups excluding carboxylic acids is 1. The van der Waals surface area contributed by atoms with Crippen molar-refractivity contribution in [2.45, 2.75) is 39.2 Å². The van der Waals surface area contributed by atoms with Crippen LogP contribution in [0.5, 0.6) is 0 Å². The van der Waals surface area contributed by atoms with Crippen molar-refractivity contribution in [1.29, 1.82) is 0 Å². The van der Waals surface area contributed by atoms with E-state index in [1.165, 1.54) is 6.07 Å². The monoisotopic (exact) mass is 401 g/mol. The van der Waals surface area contributed by atoms with Crippen molar-refractivity contribution in [2.24, 2.45) is 5.92 Å². The van der Waals surface area contributed by atoms with Crippen molar-refractivity contribution in [1.82, 2.24) is 4.90 Å². The molecule has 7 heteroatoms. The number of anilines is 2. The number of nitrogen functional groups attached to an aromatic ring is 1. The van der Waals surface area contributed by atoms with Crippen LogP contribution < -0.4 is 11.1 Å². The van der Waals surface area contributed by atoms with E-state index >= 15 is 0 Å². The zero-order chi connectivity index (χ0) is 17.9. The van der Waals surface area contributed by atoms with E-state index in [0.717, 1.165) is 25.1 Å². The standard InChI is InChI=1S/C17H25BrFN3O2/c1-17(2,3)24-16(23)22-6-4-11(5-7-22)10-21-15-8-12(18)13(19)9-14(15)20/h8-9,11,21H,4-7,10,20H2,1-3H3. The molecular weight excluding hydrogens is 377 g/mol. The molecule has 0 radical (unpaired) electrons. The van der Waals surface area contributed by atoms with E-state index in [2.05, 4.69) is 21.2 Å². The molecule has 0 aliphatic carbocycles. The zero-order valence-corrected chi connectivity index (χ0v) is 16.0. The van der Waals surface area contributed by atoms with Gasteiger partial charge in [-0.05, 0) is 61.5 Å². The highest BCUT2D eigenvalue weighted by atomic mass is 79.9. The van der Waals surface area contributed by atoms with E-state index < -0.39 is 5.60 Å². The molecule has 0 spiro atoms. The van der Waals surface area contributed by atoms with Gasteiger partial charge in [0.15, 0.2) is 0 Å². The summed E-state index contributed by atoms with van der Waals surface area (Å²) in [5, 5.41) is 3.28. The first-order valence-corrected chi connectivity index (χ1v) is 8.91. The van der Waals surface area contributed by atoms with Gasteiger partial charge in [-0.3, -0.25) is 0 Å². The van der Waals surface area contributed by atoms with E-state index in [4.69, 9.17) is 10.5 Å². The van der Waals surface area contributed by atoms with Gasteiger partial charge in [-0.15, -0.1) is 0 Å². The Hall–Kier alpha value is -1.50. The molecule has 3 N–H and O–H groups in total. The molecular formula is C17H25BrFN3O2. The Balaban J connectivity index is 1.81. The predicted octanol–water partition coefficient (Wildman–Crippen LogP) is 4.23. The van der Waals surface area contributed by atoms with E-state index in [-0.39, 0.29) is 11.9 Å². The number of rotatable bonds is 3. The predicted molar refractivity (Wildman–Crippen MR) is 97.5 cm³/mol. The number of hydrogen-bond acceptors (Lipinski definition) is 4. The molecule has 1 amide bonds. The molecule has 1 aliphatic heterocycles. The SMILES string of the molecule is CC(C)(C)OC(=O)N1CCC(CNc2cc(Br)c(F)cc2N)CC1. The molecule has 0 unspecified atom stereocenters. The number of nitrogens with one attached hydrogen (secondary N) is 1. The van der Waals surface area contributed by atoms with Crippen LogP contribution in [0.4, 0.5) is 20.6 Å². The first kappa shape index (κ1) is 18.8. The summed E-state index contributed by atoms with van der Waals surface area (Å²) >= 11 is 3.17. The fourth-order valence-corrected chi connectivity index (χ4v) is 2.96. The molecule has 1 aromatic rings. The van der Waals surface area contributed by atoms with E-state index in [1.54, 1.807) is 11.0 Å². The van der Waals surface area contributed by atoms with E-state index in [9.17, 15) is 9.18 Å². The van der Waals surface area contributed by atoms with Gasteiger partial charge in [0.1, 0.15) is 11.4 Å². The Labute approximate surface area is 150 Å². The molecule has 0 bridgehead atoms. The number of halogens is 2. The summed E-state index contributed by atoms with van der Waals surface area (Å²) in [5.74, 6) is 0.0654. The number of carbonyl (C=O) groups is 1. The average molecular weight is 402 g/mol. The first-order valence-electron chi connectivity index (χ1n) is 8.12. The van der Waals surface area contributed by atoms with Crippen LogP contribution in [0.2, 0.25) is 0 Å². The van der Waals surface area contributed by atoms with Gasteiger partial charge in [0.05, 0.1) is 15.8 Å². The maximum Gasteiger partial charge on any atom is 0.410 e. The van der Waals surface area contributed by atoms with Gasteiger partial charge in [0.25, 0.3) is 0 Å². The van der Waals surface area contributed by atoms with Gasteiger partial charge >= 0.3 is 6.09 Å². The molecule has 24 heavy (non-hydrogen) atoms. The first-order chi connectivity index (χ1) is 11.2. The fraction of sp³-hybridized carbons (Fsp3) is 0.588.